The first-order valence-corrected chi connectivity index (χ1v) is 18.0. The van der Waals surface area contributed by atoms with Crippen LogP contribution < -0.4 is 11.1 Å². The van der Waals surface area contributed by atoms with Crippen LogP contribution in [0.3, 0.4) is 0 Å². The average molecular weight is 700 g/mol. The average Bonchev–Trinajstić information content (AvgIpc) is 3.52. The van der Waals surface area contributed by atoms with Crippen LogP contribution in [0, 0.1) is 40.4 Å². The number of hydrogen-bond donors (Lipinski definition) is 4. The van der Waals surface area contributed by atoms with Gasteiger partial charge in [-0.25, -0.2) is 4.79 Å². The standard InChI is InChI=1S/C37H53N3O10/c1-7-40-17-34(18-50-32(43)20-10-8-9-11-23(20)39-31(42)19(2)14-26(38)41)13-12-25(47-4)36-22-15-21-24(46-3)16-35(44,27(22)28(21)48-5)37(45,33(36)40)30(49-6)29(34)36/h8-11,19,21-22,24-25,27-30,33,44-45H,7,12-18H2,1-6H3,(H2,38,41)(H,39,42)/t19?,21-,22?,24?,25-,27?,28+,29?,30+,33-,34?,35-,36?,37?/m1/s1. The molecule has 7 bridgehead atoms. The van der Waals surface area contributed by atoms with E-state index in [0.717, 1.165) is 6.42 Å². The highest BCUT2D eigenvalue weighted by molar-refractivity contribution is 6.02. The molecule has 5 aliphatic carbocycles. The van der Waals surface area contributed by atoms with Crippen molar-refractivity contribution in [3.63, 3.8) is 0 Å². The van der Waals surface area contributed by atoms with E-state index in [4.69, 9.17) is 29.4 Å². The second-order valence-electron chi connectivity index (χ2n) is 15.9. The molecule has 14 atom stereocenters. The zero-order chi connectivity index (χ0) is 36.0. The highest BCUT2D eigenvalue weighted by Crippen LogP contribution is 2.80. The Morgan fingerprint density at radius 1 is 1.08 bits per heavy atom. The van der Waals surface area contributed by atoms with Crippen molar-refractivity contribution in [1.29, 1.82) is 0 Å². The number of anilines is 1. The van der Waals surface area contributed by atoms with Crippen molar-refractivity contribution in [2.24, 2.45) is 46.2 Å². The molecule has 276 valence electrons. The topological polar surface area (TPSA) is 179 Å². The van der Waals surface area contributed by atoms with Gasteiger partial charge in [0.1, 0.15) is 11.2 Å². The Kier molecular flexibility index (Phi) is 8.93. The van der Waals surface area contributed by atoms with Gasteiger partial charge in [-0.2, -0.15) is 0 Å². The Bertz CT molecular complexity index is 1530. The number of fused-ring (bicyclic) bond motifs is 2. The first-order chi connectivity index (χ1) is 23.8. The normalized spacial score (nSPS) is 44.4. The molecule has 1 aromatic rings. The van der Waals surface area contributed by atoms with Crippen LogP contribution in [0.15, 0.2) is 24.3 Å². The van der Waals surface area contributed by atoms with Crippen LogP contribution in [-0.2, 0) is 33.3 Å². The lowest BCUT2D eigenvalue weighted by molar-refractivity contribution is -0.320. The molecule has 6 fully saturated rings. The predicted octanol–water partition coefficient (Wildman–Crippen LogP) is 1.59. The van der Waals surface area contributed by atoms with E-state index in [1.165, 1.54) is 0 Å². The van der Waals surface area contributed by atoms with Crippen LogP contribution in [0.25, 0.3) is 0 Å². The maximum absolute atomic E-state index is 14.0. The van der Waals surface area contributed by atoms with Gasteiger partial charge in [-0.15, -0.1) is 0 Å². The fourth-order valence-electron chi connectivity index (χ4n) is 12.7. The summed E-state index contributed by atoms with van der Waals surface area (Å²) < 4.78 is 31.3. The number of para-hydroxylation sites is 1. The third kappa shape index (κ3) is 4.46. The molecule has 8 unspecified atom stereocenters. The molecule has 13 heteroatoms. The molecule has 5 saturated carbocycles. The number of piperidine rings is 1. The molecule has 13 nitrogen and oxygen atoms in total. The van der Waals surface area contributed by atoms with Gasteiger partial charge in [0.05, 0.1) is 48.3 Å². The summed E-state index contributed by atoms with van der Waals surface area (Å²) in [4.78, 5) is 40.5. The van der Waals surface area contributed by atoms with Gasteiger partial charge in [-0.05, 0) is 43.9 Å². The molecule has 7 rings (SSSR count). The van der Waals surface area contributed by atoms with Gasteiger partial charge in [0.25, 0.3) is 0 Å². The minimum absolute atomic E-state index is 0.0402. The molecule has 5 N–H and O–H groups in total. The van der Waals surface area contributed by atoms with Crippen LogP contribution in [0.2, 0.25) is 0 Å². The fourth-order valence-corrected chi connectivity index (χ4v) is 12.7. The number of likely N-dealkylation sites (tertiary alicyclic amines) is 1. The van der Waals surface area contributed by atoms with Gasteiger partial charge >= 0.3 is 5.97 Å². The molecule has 2 amide bonds. The maximum atomic E-state index is 14.0. The number of hydrogen-bond acceptors (Lipinski definition) is 11. The Labute approximate surface area is 293 Å². The number of carbonyl (C=O) groups excluding carboxylic acids is 3. The first-order valence-electron chi connectivity index (χ1n) is 18.0. The van der Waals surface area contributed by atoms with Crippen molar-refractivity contribution in [3.05, 3.63) is 29.8 Å². The molecular weight excluding hydrogens is 646 g/mol. The summed E-state index contributed by atoms with van der Waals surface area (Å²) in [6.07, 6.45) is 0.586. The van der Waals surface area contributed by atoms with Gasteiger partial charge in [-0.1, -0.05) is 26.0 Å². The molecule has 1 spiro atoms. The van der Waals surface area contributed by atoms with Gasteiger partial charge in [0, 0.05) is 82.3 Å². The summed E-state index contributed by atoms with van der Waals surface area (Å²) in [6, 6.07) is 6.16. The molecule has 50 heavy (non-hydrogen) atoms. The maximum Gasteiger partial charge on any atom is 0.340 e. The van der Waals surface area contributed by atoms with Crippen molar-refractivity contribution >= 4 is 23.5 Å². The van der Waals surface area contributed by atoms with E-state index in [1.807, 2.05) is 0 Å². The fraction of sp³-hybridized carbons (Fsp3) is 0.757. The van der Waals surface area contributed by atoms with Gasteiger partial charge in [-0.3, -0.25) is 14.5 Å². The number of ether oxygens (including phenoxy) is 5. The monoisotopic (exact) mass is 699 g/mol. The highest BCUT2D eigenvalue weighted by atomic mass is 16.5. The number of amides is 2. The number of primary amides is 1. The number of benzene rings is 1. The molecule has 1 aromatic carbocycles. The Hall–Kier alpha value is -2.65. The van der Waals surface area contributed by atoms with Crippen molar-refractivity contribution in [2.75, 3.05) is 53.5 Å². The van der Waals surface area contributed by atoms with Crippen LogP contribution in [0.4, 0.5) is 5.69 Å². The van der Waals surface area contributed by atoms with E-state index in [2.05, 4.69) is 17.1 Å². The van der Waals surface area contributed by atoms with Crippen molar-refractivity contribution in [3.8, 4) is 0 Å². The smallest absolute Gasteiger partial charge is 0.340 e. The second-order valence-corrected chi connectivity index (χ2v) is 15.9. The zero-order valence-electron chi connectivity index (χ0n) is 29.9. The number of likely N-dealkylation sites (N-methyl/N-ethyl adjacent to an activating group) is 1. The van der Waals surface area contributed by atoms with Crippen LogP contribution >= 0.6 is 0 Å². The third-order valence-corrected chi connectivity index (χ3v) is 14.2. The minimum Gasteiger partial charge on any atom is -0.461 e. The van der Waals surface area contributed by atoms with E-state index in [-0.39, 0.29) is 72.7 Å². The third-order valence-electron chi connectivity index (χ3n) is 14.2. The summed E-state index contributed by atoms with van der Waals surface area (Å²) in [7, 11) is 6.69. The summed E-state index contributed by atoms with van der Waals surface area (Å²) in [5.41, 5.74) is 1.21. The predicted molar refractivity (Wildman–Crippen MR) is 180 cm³/mol. The number of nitrogens with zero attached hydrogens (tertiary/aromatic N) is 1. The molecule has 1 aliphatic heterocycles. The number of esters is 1. The van der Waals surface area contributed by atoms with E-state index in [1.54, 1.807) is 59.6 Å². The van der Waals surface area contributed by atoms with Crippen LogP contribution in [0.1, 0.15) is 56.3 Å². The van der Waals surface area contributed by atoms with Gasteiger partial charge in [0.2, 0.25) is 11.8 Å². The number of rotatable bonds is 12. The molecular formula is C37H53N3O10. The number of nitrogens with one attached hydrogen (secondary N) is 1. The Morgan fingerprint density at radius 3 is 2.46 bits per heavy atom. The lowest BCUT2D eigenvalue weighted by atomic mass is 9.42. The summed E-state index contributed by atoms with van der Waals surface area (Å²) >= 11 is 0. The SMILES string of the molecule is CCN1CC2(COC(=O)c3ccccc3NC(=O)C(C)CC(N)=O)CC[C@@H](OC)C34C5C[C@@H]6C(OC)C[C@@](O)(C5[C@H]6OC)C(O)([C@H]13)[C@@H](OC)C24. The van der Waals surface area contributed by atoms with Crippen molar-refractivity contribution in [1.82, 2.24) is 4.90 Å². The lowest BCUT2D eigenvalue weighted by Crippen LogP contribution is -2.82. The van der Waals surface area contributed by atoms with E-state index in [9.17, 15) is 24.6 Å². The Balaban J connectivity index is 1.29. The number of carbonyl (C=O) groups is 3. The molecule has 0 radical (unpaired) electrons. The minimum atomic E-state index is -1.70. The Morgan fingerprint density at radius 2 is 1.82 bits per heavy atom. The summed E-state index contributed by atoms with van der Waals surface area (Å²) in [6.45, 7) is 4.84. The van der Waals surface area contributed by atoms with E-state index in [0.29, 0.717) is 25.9 Å². The molecule has 0 aromatic heterocycles. The molecule has 1 saturated heterocycles. The molecule has 1 heterocycles. The van der Waals surface area contributed by atoms with Crippen LogP contribution in [0.5, 0.6) is 0 Å². The zero-order valence-corrected chi connectivity index (χ0v) is 29.9. The quantitative estimate of drug-likeness (QED) is 0.233. The largest absolute Gasteiger partial charge is 0.461 e. The lowest BCUT2D eigenvalue weighted by Gasteiger charge is -2.70. The highest BCUT2D eigenvalue weighted by Gasteiger charge is 2.91. The van der Waals surface area contributed by atoms with Gasteiger partial charge < -0.3 is 44.9 Å². The molecule has 6 aliphatic rings. The van der Waals surface area contributed by atoms with Crippen molar-refractivity contribution < 1.29 is 48.3 Å². The van der Waals surface area contributed by atoms with Crippen molar-refractivity contribution in [2.45, 2.75) is 87.6 Å². The number of methoxy groups -OCH3 is 4. The summed E-state index contributed by atoms with van der Waals surface area (Å²) in [5.74, 6) is -3.02. The summed E-state index contributed by atoms with van der Waals surface area (Å²) in [5, 5.41) is 29.3. The van der Waals surface area contributed by atoms with E-state index >= 15 is 0 Å². The first kappa shape index (κ1) is 35.7. The second kappa shape index (κ2) is 12.5. The van der Waals surface area contributed by atoms with Gasteiger partial charge in [0.15, 0.2) is 0 Å². The number of nitrogens with two attached hydrogens (primary N) is 1. The van der Waals surface area contributed by atoms with Crippen LogP contribution in [-0.4, -0.2) is 123 Å². The number of aliphatic hydroxyl groups is 2. The van der Waals surface area contributed by atoms with E-state index < -0.39 is 57.9 Å².